The monoisotopic (exact) mass is 545 g/mol. The summed E-state index contributed by atoms with van der Waals surface area (Å²) in [4.78, 5) is 19.1. The van der Waals surface area contributed by atoms with Crippen LogP contribution in [0.1, 0.15) is 144 Å². The molecule has 0 heterocycles. The number of aldehydes is 1. The van der Waals surface area contributed by atoms with E-state index < -0.39 is 6.72 Å². The van der Waals surface area contributed by atoms with Crippen molar-refractivity contribution >= 4 is 24.8 Å². The molecule has 0 aliphatic heterocycles. The van der Waals surface area contributed by atoms with Crippen molar-refractivity contribution in [2.45, 2.75) is 143 Å². The summed E-state index contributed by atoms with van der Waals surface area (Å²) in [6.07, 6.45) is 25.1. The van der Waals surface area contributed by atoms with E-state index >= 15 is 0 Å². The van der Waals surface area contributed by atoms with Crippen LogP contribution in [0.15, 0.2) is 0 Å². The molecule has 0 bridgehead atoms. The number of aliphatic hydroxyl groups excluding tert-OH is 1. The van der Waals surface area contributed by atoms with Gasteiger partial charge in [0.2, 0.25) is 0 Å². The van der Waals surface area contributed by atoms with E-state index in [-0.39, 0.29) is 1.43 Å². The van der Waals surface area contributed by atoms with Crippen LogP contribution in [-0.2, 0) is 25.6 Å². The lowest BCUT2D eigenvalue weighted by Crippen LogP contribution is -1.97. The van der Waals surface area contributed by atoms with E-state index in [1.165, 1.54) is 103 Å². The number of hydrogen-bond donors (Lipinski definition) is 3. The summed E-state index contributed by atoms with van der Waals surface area (Å²) in [7, 11) is 2.33. The highest BCUT2D eigenvalue weighted by atomic mass is 32.5. The molecule has 0 fully saturated rings. The van der Waals surface area contributed by atoms with E-state index in [2.05, 4.69) is 37.1 Å². The Labute approximate surface area is 225 Å². The Morgan fingerprint density at radius 2 is 1.14 bits per heavy atom. The number of aliphatic hydroxyl groups is 1. The number of carbonyl (C=O) groups is 1. The molecule has 218 valence electrons. The van der Waals surface area contributed by atoms with Crippen LogP contribution in [0.5, 0.6) is 0 Å². The molecule has 0 radical (unpaired) electrons. The predicted octanol–water partition coefficient (Wildman–Crippen LogP) is 8.32. The molecule has 0 aliphatic rings. The molecule has 0 aliphatic carbocycles. The fraction of sp³-hybridized carbons (Fsp3) is 0.963. The van der Waals surface area contributed by atoms with Gasteiger partial charge in [0.1, 0.15) is 6.29 Å². The van der Waals surface area contributed by atoms with Crippen LogP contribution >= 0.6 is 6.72 Å². The van der Waals surface area contributed by atoms with Crippen molar-refractivity contribution in [2.24, 2.45) is 5.73 Å². The molecule has 4 N–H and O–H groups in total. The molecule has 0 aromatic heterocycles. The topological polar surface area (TPSA) is 102 Å². The van der Waals surface area contributed by atoms with E-state index in [0.29, 0.717) is 13.0 Å². The molecule has 0 saturated heterocycles. The van der Waals surface area contributed by atoms with Gasteiger partial charge in [-0.2, -0.15) is 0 Å². The average molecular weight is 546 g/mol. The first-order valence-corrected chi connectivity index (χ1v) is 16.7. The van der Waals surface area contributed by atoms with Crippen LogP contribution in [0.2, 0.25) is 0 Å². The highest BCUT2D eigenvalue weighted by Crippen LogP contribution is 2.42. The summed E-state index contributed by atoms with van der Waals surface area (Å²) in [6.45, 7) is 4.83. The van der Waals surface area contributed by atoms with Crippen molar-refractivity contribution < 1.29 is 25.3 Å². The van der Waals surface area contributed by atoms with Crippen LogP contribution in [0.3, 0.4) is 0 Å². The summed E-state index contributed by atoms with van der Waals surface area (Å²) >= 11 is 4.61. The van der Waals surface area contributed by atoms with Crippen molar-refractivity contribution in [3.05, 3.63) is 0 Å². The van der Waals surface area contributed by atoms with Crippen LogP contribution in [-0.4, -0.2) is 43.7 Å². The molecule has 0 saturated carbocycles. The van der Waals surface area contributed by atoms with Gasteiger partial charge in [0.15, 0.2) is 0 Å². The summed E-state index contributed by atoms with van der Waals surface area (Å²) < 4.78 is 9.50. The first-order valence-electron chi connectivity index (χ1n) is 14.1. The maximum Gasteiger partial charge on any atom is 0.324 e. The molecule has 0 rings (SSSR count). The van der Waals surface area contributed by atoms with E-state index in [0.717, 1.165) is 39.2 Å². The molecule has 6 nitrogen and oxygen atoms in total. The first-order chi connectivity index (χ1) is 16.9. The normalized spacial score (nSPS) is 11.7. The third-order valence-corrected chi connectivity index (χ3v) is 6.74. The van der Waals surface area contributed by atoms with Crippen LogP contribution in [0.4, 0.5) is 0 Å². The van der Waals surface area contributed by atoms with E-state index in [9.17, 15) is 4.79 Å². The first kappa shape index (κ1) is 42.2. The molecule has 1 atom stereocenters. The lowest BCUT2D eigenvalue weighted by Gasteiger charge is -2.12. The third-order valence-electron chi connectivity index (χ3n) is 5.01. The maximum absolute atomic E-state index is 9.94. The lowest BCUT2D eigenvalue weighted by atomic mass is 10.0. The summed E-state index contributed by atoms with van der Waals surface area (Å²) in [5.74, 6) is 0. The maximum atomic E-state index is 9.94. The Morgan fingerprint density at radius 3 is 1.49 bits per heavy atom. The standard InChI is InChI=1S/C16H35N.C7H15O4PS.C3H8.CH4O.H2/c1-2-3-4-5-6-7-8-9-10-11-12-13-14-15-16-17;1-10-12(9,13)11-7-5-3-2-4-6-8;1-3-2;1-2;/h2-17H2,1H3;6H,2-5,7H2,1H3,(H,9,13);3H2,1-2H3;2H,1H3;1H. The minimum atomic E-state index is -2.97. The molecular formula is C27H64NO5PS. The largest absolute Gasteiger partial charge is 0.400 e. The Bertz CT molecular complexity index is 396. The summed E-state index contributed by atoms with van der Waals surface area (Å²) in [6, 6.07) is 0. The summed E-state index contributed by atoms with van der Waals surface area (Å²) in [5, 5.41) is 7.00. The van der Waals surface area contributed by atoms with Crippen LogP contribution in [0, 0.1) is 0 Å². The molecule has 0 aromatic rings. The van der Waals surface area contributed by atoms with Crippen LogP contribution in [0.25, 0.3) is 0 Å². The molecule has 0 amide bonds. The van der Waals surface area contributed by atoms with Gasteiger partial charge in [0.25, 0.3) is 0 Å². The number of hydrogen-bond acceptors (Lipinski definition) is 6. The number of unbranched alkanes of at least 4 members (excludes halogenated alkanes) is 16. The Hall–Kier alpha value is 0.120. The van der Waals surface area contributed by atoms with Crippen molar-refractivity contribution in [1.82, 2.24) is 0 Å². The Kier molecular flexibility index (Phi) is 49.8. The Balaban J connectivity index is -0.000000150. The zero-order valence-electron chi connectivity index (χ0n) is 24.0. The number of nitrogens with two attached hydrogens (primary N) is 1. The van der Waals surface area contributed by atoms with Crippen molar-refractivity contribution in [1.29, 1.82) is 0 Å². The fourth-order valence-electron chi connectivity index (χ4n) is 3.08. The van der Waals surface area contributed by atoms with Crippen molar-refractivity contribution in [3.8, 4) is 0 Å². The van der Waals surface area contributed by atoms with E-state index in [1.807, 2.05) is 0 Å². The Morgan fingerprint density at radius 1 is 0.771 bits per heavy atom. The van der Waals surface area contributed by atoms with Gasteiger partial charge >= 0.3 is 6.72 Å². The molecule has 0 aromatic carbocycles. The lowest BCUT2D eigenvalue weighted by molar-refractivity contribution is -0.107. The van der Waals surface area contributed by atoms with Gasteiger partial charge in [-0.15, -0.1) is 0 Å². The van der Waals surface area contributed by atoms with Gasteiger partial charge in [0.05, 0.1) is 6.61 Å². The third kappa shape index (κ3) is 51.6. The highest BCUT2D eigenvalue weighted by molar-refractivity contribution is 8.07. The number of carbonyl (C=O) groups excluding carboxylic acids is 1. The number of rotatable bonds is 22. The van der Waals surface area contributed by atoms with Gasteiger partial charge in [0, 0.05) is 22.1 Å². The van der Waals surface area contributed by atoms with Crippen molar-refractivity contribution in [3.63, 3.8) is 0 Å². The fourth-order valence-corrected chi connectivity index (χ4v) is 3.77. The second-order valence-electron chi connectivity index (χ2n) is 8.59. The summed E-state index contributed by atoms with van der Waals surface area (Å²) in [5.41, 5.74) is 5.47. The smallest absolute Gasteiger partial charge is 0.324 e. The van der Waals surface area contributed by atoms with E-state index in [4.69, 9.17) is 20.3 Å². The average Bonchev–Trinajstić information content (AvgIpc) is 2.86. The SMILES string of the molecule is CCC.CCCCCCCCCCCCCCCCN.CO.COP(O)(=S)OCCCCCC=O.[HH]. The van der Waals surface area contributed by atoms with Gasteiger partial charge in [-0.1, -0.05) is 117 Å². The molecular weight excluding hydrogens is 481 g/mol. The van der Waals surface area contributed by atoms with E-state index in [1.54, 1.807) is 0 Å². The van der Waals surface area contributed by atoms with Crippen LogP contribution < -0.4 is 5.73 Å². The molecule has 0 spiro atoms. The second-order valence-corrected chi connectivity index (χ2v) is 11.5. The van der Waals surface area contributed by atoms with Gasteiger partial charge in [-0.05, 0) is 37.6 Å². The second kappa shape index (κ2) is 41.3. The zero-order valence-corrected chi connectivity index (χ0v) is 25.7. The quantitative estimate of drug-likeness (QED) is 0.0714. The molecule has 1 unspecified atom stereocenters. The van der Waals surface area contributed by atoms with Crippen molar-refractivity contribution in [2.75, 3.05) is 27.4 Å². The van der Waals surface area contributed by atoms with Gasteiger partial charge in [-0.25, -0.2) is 0 Å². The molecule has 35 heavy (non-hydrogen) atoms. The zero-order chi connectivity index (χ0) is 27.5. The van der Waals surface area contributed by atoms with Gasteiger partial charge in [-0.3, -0.25) is 0 Å². The predicted molar refractivity (Wildman–Crippen MR) is 160 cm³/mol. The minimum Gasteiger partial charge on any atom is -0.400 e. The minimum absolute atomic E-state index is 0. The van der Waals surface area contributed by atoms with Gasteiger partial charge < -0.3 is 29.6 Å². The molecule has 8 heteroatoms. The highest BCUT2D eigenvalue weighted by Gasteiger charge is 2.10.